The molecule has 0 N–H and O–H groups in total. The van der Waals surface area contributed by atoms with Crippen LogP contribution in [0.15, 0.2) is 155 Å². The summed E-state index contributed by atoms with van der Waals surface area (Å²) in [6, 6.07) is 37.0. The molecular formula is C49H49FO7S3. The minimum absolute atomic E-state index is 0.0430. The minimum atomic E-state index is -4.04. The highest BCUT2D eigenvalue weighted by Gasteiger charge is 2.22. The van der Waals surface area contributed by atoms with E-state index in [0.29, 0.717) is 43.6 Å². The number of rotatable bonds is 11. The van der Waals surface area contributed by atoms with Crippen molar-refractivity contribution in [2.45, 2.75) is 99.2 Å². The Kier molecular flexibility index (Phi) is 14.0. The highest BCUT2D eigenvalue weighted by Crippen LogP contribution is 2.32. The van der Waals surface area contributed by atoms with Gasteiger partial charge in [-0.05, 0) is 76.4 Å². The van der Waals surface area contributed by atoms with Crippen molar-refractivity contribution in [3.63, 3.8) is 0 Å². The van der Waals surface area contributed by atoms with Gasteiger partial charge in [-0.15, -0.1) is 0 Å². The molecule has 60 heavy (non-hydrogen) atoms. The molecule has 0 spiro atoms. The quantitative estimate of drug-likeness (QED) is 0.0928. The molecule has 0 fully saturated rings. The fraction of sp³-hybridized carbons (Fsp3) is 0.265. The molecule has 0 saturated carbocycles. The van der Waals surface area contributed by atoms with Crippen molar-refractivity contribution < 1.29 is 25.8 Å². The van der Waals surface area contributed by atoms with Gasteiger partial charge in [0.1, 0.15) is 17.8 Å². The second-order valence-electron chi connectivity index (χ2n) is 16.5. The molecule has 0 atom stereocenters. The summed E-state index contributed by atoms with van der Waals surface area (Å²) in [7, 11) is -4.04. The summed E-state index contributed by atoms with van der Waals surface area (Å²) in [5.74, 6) is 1.18. The van der Waals surface area contributed by atoms with E-state index < -0.39 is 23.4 Å². The molecule has 11 heteroatoms. The molecule has 2 aromatic heterocycles. The fourth-order valence-electron chi connectivity index (χ4n) is 6.20. The number of alkyl halides is 1. The van der Waals surface area contributed by atoms with Crippen molar-refractivity contribution in [1.82, 2.24) is 0 Å². The summed E-state index contributed by atoms with van der Waals surface area (Å²) in [6.07, 6.45) is 0. The van der Waals surface area contributed by atoms with Gasteiger partial charge in [0.05, 0.1) is 33.4 Å². The van der Waals surface area contributed by atoms with Crippen molar-refractivity contribution in [3.05, 3.63) is 181 Å². The number of fused-ring (bicyclic) bond motifs is 2. The van der Waals surface area contributed by atoms with E-state index in [0.717, 1.165) is 16.7 Å². The first-order chi connectivity index (χ1) is 28.4. The number of halogens is 1. The normalized spacial score (nSPS) is 12.1. The van der Waals surface area contributed by atoms with Gasteiger partial charge < -0.3 is 8.83 Å². The van der Waals surface area contributed by atoms with Crippen LogP contribution < -0.4 is 10.9 Å². The van der Waals surface area contributed by atoms with E-state index in [2.05, 4.69) is 90.1 Å². The van der Waals surface area contributed by atoms with E-state index in [1.165, 1.54) is 46.8 Å². The molecule has 0 bridgehead atoms. The molecule has 0 saturated heterocycles. The standard InChI is InChI=1S/C28H28O5S2.C21H21FO2S/c1-19-9-15-22(16-10-19)35(30,31)32-17-24-26(29)23-7-5-6-8-25(23)33-27(24)34-18-20-11-13-21(14-12-20)28(2,3)4;1-21(2,3)15-10-8-14(9-11-15)13-25-20-17(12-22)19(23)16-6-4-5-7-18(16)24-20/h5-16H,17-18H2,1-4H3;4-11H,12-13H2,1-3H3. The first-order valence-corrected chi connectivity index (χ1v) is 22.9. The highest BCUT2D eigenvalue weighted by atomic mass is 32.2. The van der Waals surface area contributed by atoms with Crippen molar-refractivity contribution in [2.24, 2.45) is 0 Å². The average molecular weight is 865 g/mol. The van der Waals surface area contributed by atoms with Gasteiger partial charge in [0, 0.05) is 11.5 Å². The Morgan fingerprint density at radius 1 is 0.583 bits per heavy atom. The summed E-state index contributed by atoms with van der Waals surface area (Å²) in [5.41, 5.74) is 6.45. The first kappa shape index (κ1) is 44.6. The molecule has 7 rings (SSSR count). The van der Waals surface area contributed by atoms with E-state index in [1.54, 1.807) is 60.7 Å². The van der Waals surface area contributed by atoms with Crippen LogP contribution in [-0.4, -0.2) is 8.42 Å². The number of benzene rings is 5. The summed E-state index contributed by atoms with van der Waals surface area (Å²) >= 11 is 2.71. The molecule has 0 radical (unpaired) electrons. The van der Waals surface area contributed by atoms with Gasteiger partial charge >= 0.3 is 0 Å². The van der Waals surface area contributed by atoms with Gasteiger partial charge in [0.2, 0.25) is 0 Å². The smallest absolute Gasteiger partial charge is 0.297 e. The third-order valence-corrected chi connectivity index (χ3v) is 13.3. The highest BCUT2D eigenvalue weighted by molar-refractivity contribution is 7.98. The van der Waals surface area contributed by atoms with E-state index in [9.17, 15) is 22.4 Å². The Morgan fingerprint density at radius 3 is 1.43 bits per heavy atom. The second-order valence-corrected chi connectivity index (χ2v) is 20.0. The minimum Gasteiger partial charge on any atom is -0.449 e. The van der Waals surface area contributed by atoms with Crippen LogP contribution >= 0.6 is 23.5 Å². The van der Waals surface area contributed by atoms with E-state index in [1.807, 2.05) is 6.92 Å². The van der Waals surface area contributed by atoms with Gasteiger partial charge in [-0.25, -0.2) is 4.39 Å². The van der Waals surface area contributed by atoms with Crippen molar-refractivity contribution in [3.8, 4) is 0 Å². The number of aryl methyl sites for hydroxylation is 1. The first-order valence-electron chi connectivity index (χ1n) is 19.5. The predicted octanol–water partition coefficient (Wildman–Crippen LogP) is 12.4. The number of hydrogen-bond acceptors (Lipinski definition) is 9. The predicted molar refractivity (Wildman–Crippen MR) is 242 cm³/mol. The monoisotopic (exact) mass is 864 g/mol. The zero-order chi connectivity index (χ0) is 43.2. The van der Waals surface area contributed by atoms with Crippen LogP contribution in [0.25, 0.3) is 21.9 Å². The SMILES string of the molecule is CC(C)(C)c1ccc(CSc2oc3ccccc3c(=O)c2CF)cc1.Cc1ccc(S(=O)(=O)OCc2c(SCc3ccc(C(C)(C)C)cc3)oc3ccccc3c2=O)cc1. The van der Waals surface area contributed by atoms with Gasteiger partial charge in [0.15, 0.2) is 21.0 Å². The number of hydrogen-bond donors (Lipinski definition) is 0. The molecule has 0 unspecified atom stereocenters. The molecule has 5 aromatic carbocycles. The van der Waals surface area contributed by atoms with Crippen molar-refractivity contribution >= 4 is 55.6 Å². The Balaban J connectivity index is 0.000000213. The maximum atomic E-state index is 13.4. The fourth-order valence-corrected chi connectivity index (χ4v) is 9.01. The average Bonchev–Trinajstić information content (AvgIpc) is 3.22. The Labute approximate surface area is 359 Å². The molecule has 0 aliphatic carbocycles. The largest absolute Gasteiger partial charge is 0.449 e. The van der Waals surface area contributed by atoms with Gasteiger partial charge in [0.25, 0.3) is 10.1 Å². The maximum absolute atomic E-state index is 13.4. The van der Waals surface area contributed by atoms with Crippen LogP contribution in [0.3, 0.4) is 0 Å². The summed E-state index contributed by atoms with van der Waals surface area (Å²) in [5, 5.41) is 1.53. The van der Waals surface area contributed by atoms with Gasteiger partial charge in [-0.2, -0.15) is 8.42 Å². The third kappa shape index (κ3) is 10.9. The van der Waals surface area contributed by atoms with Crippen molar-refractivity contribution in [2.75, 3.05) is 0 Å². The molecular weight excluding hydrogens is 816 g/mol. The van der Waals surface area contributed by atoms with Gasteiger partial charge in [-0.3, -0.25) is 13.8 Å². The topological polar surface area (TPSA) is 104 Å². The molecule has 2 heterocycles. The maximum Gasteiger partial charge on any atom is 0.297 e. The Bertz CT molecular complexity index is 2820. The third-order valence-electron chi connectivity index (χ3n) is 9.89. The molecule has 7 nitrogen and oxygen atoms in total. The lowest BCUT2D eigenvalue weighted by molar-refractivity contribution is 0.296. The Morgan fingerprint density at radius 2 is 1.00 bits per heavy atom. The molecule has 312 valence electrons. The second kappa shape index (κ2) is 18.8. The van der Waals surface area contributed by atoms with Crippen LogP contribution in [0, 0.1) is 6.92 Å². The lowest BCUT2D eigenvalue weighted by Crippen LogP contribution is -2.15. The van der Waals surface area contributed by atoms with E-state index in [-0.39, 0.29) is 37.7 Å². The van der Waals surface area contributed by atoms with Crippen molar-refractivity contribution in [1.29, 1.82) is 0 Å². The zero-order valence-corrected chi connectivity index (χ0v) is 37.3. The molecule has 0 aliphatic rings. The summed E-state index contributed by atoms with van der Waals surface area (Å²) < 4.78 is 56.0. The molecule has 0 amide bonds. The number of thioether (sulfide) groups is 2. The van der Waals surface area contributed by atoms with E-state index in [4.69, 9.17) is 13.0 Å². The lowest BCUT2D eigenvalue weighted by Gasteiger charge is -2.19. The van der Waals surface area contributed by atoms with E-state index >= 15 is 0 Å². The Hall–Kier alpha value is -4.94. The number of para-hydroxylation sites is 2. The van der Waals surface area contributed by atoms with Gasteiger partial charge in [-0.1, -0.05) is 156 Å². The van der Waals surface area contributed by atoms with Crippen LogP contribution in [0.2, 0.25) is 0 Å². The van der Waals surface area contributed by atoms with Crippen LogP contribution in [-0.2, 0) is 49.9 Å². The van der Waals surface area contributed by atoms with Crippen LogP contribution in [0.1, 0.15) is 80.5 Å². The molecule has 0 aliphatic heterocycles. The molecule has 7 aromatic rings. The van der Waals surface area contributed by atoms with Crippen LogP contribution in [0.5, 0.6) is 0 Å². The van der Waals surface area contributed by atoms with Crippen LogP contribution in [0.4, 0.5) is 4.39 Å². The summed E-state index contributed by atoms with van der Waals surface area (Å²) in [4.78, 5) is 25.7. The summed E-state index contributed by atoms with van der Waals surface area (Å²) in [6.45, 7) is 13.7. The lowest BCUT2D eigenvalue weighted by atomic mass is 9.87. The zero-order valence-electron chi connectivity index (χ0n) is 34.8.